The maximum atomic E-state index is 12.7. The summed E-state index contributed by atoms with van der Waals surface area (Å²) < 4.78 is 5.48. The van der Waals surface area contributed by atoms with Crippen molar-refractivity contribution in [2.45, 2.75) is 19.8 Å². The van der Waals surface area contributed by atoms with Crippen molar-refractivity contribution in [3.05, 3.63) is 46.9 Å². The van der Waals surface area contributed by atoms with Crippen molar-refractivity contribution in [3.63, 3.8) is 0 Å². The molecular formula is C19H20N4O2. The largest absolute Gasteiger partial charge is 0.494 e. The fraction of sp³-hybridized carbons (Fsp3) is 0.316. The number of hydrogen-bond donors (Lipinski definition) is 1. The van der Waals surface area contributed by atoms with Crippen LogP contribution in [-0.4, -0.2) is 34.6 Å². The van der Waals surface area contributed by atoms with Crippen LogP contribution in [0.5, 0.6) is 5.75 Å². The van der Waals surface area contributed by atoms with Gasteiger partial charge in [0.25, 0.3) is 5.56 Å². The van der Waals surface area contributed by atoms with Gasteiger partial charge in [-0.05, 0) is 49.1 Å². The highest BCUT2D eigenvalue weighted by Gasteiger charge is 2.17. The standard InChI is InChI=1S/C19H20N4O2/c1-2-25-14-7-5-13(6-8-14)15-9-10-20-17-16(15)18(24)22-19(21-17)23-11-3-4-12-23/h5-10H,2-4,11-12H2,1H3,(H,20,21,22,24). The van der Waals surface area contributed by atoms with Crippen LogP contribution >= 0.6 is 0 Å². The van der Waals surface area contributed by atoms with Crippen molar-refractivity contribution in [1.29, 1.82) is 0 Å². The Morgan fingerprint density at radius 2 is 1.92 bits per heavy atom. The SMILES string of the molecule is CCOc1ccc(-c2ccnc3nc(N4CCCC4)[nH]c(=O)c23)cc1. The quantitative estimate of drug-likeness (QED) is 0.793. The molecule has 1 aliphatic heterocycles. The molecule has 1 saturated heterocycles. The zero-order valence-electron chi connectivity index (χ0n) is 14.2. The molecule has 25 heavy (non-hydrogen) atoms. The maximum absolute atomic E-state index is 12.7. The van der Waals surface area contributed by atoms with Gasteiger partial charge >= 0.3 is 0 Å². The number of hydrogen-bond acceptors (Lipinski definition) is 5. The Labute approximate surface area is 145 Å². The Bertz CT molecular complexity index is 944. The van der Waals surface area contributed by atoms with Crippen molar-refractivity contribution in [2.75, 3.05) is 24.6 Å². The molecule has 1 fully saturated rings. The summed E-state index contributed by atoms with van der Waals surface area (Å²) in [6.45, 7) is 4.42. The molecular weight excluding hydrogens is 316 g/mol. The van der Waals surface area contributed by atoms with Crippen LogP contribution in [0.3, 0.4) is 0 Å². The molecule has 1 N–H and O–H groups in total. The predicted molar refractivity (Wildman–Crippen MR) is 98.2 cm³/mol. The fourth-order valence-corrected chi connectivity index (χ4v) is 3.27. The normalized spacial score (nSPS) is 14.2. The first kappa shape index (κ1) is 15.6. The van der Waals surface area contributed by atoms with Crippen molar-refractivity contribution >= 4 is 17.0 Å². The molecule has 0 spiro atoms. The molecule has 0 unspecified atom stereocenters. The third kappa shape index (κ3) is 2.95. The summed E-state index contributed by atoms with van der Waals surface area (Å²) in [5.41, 5.74) is 2.10. The lowest BCUT2D eigenvalue weighted by molar-refractivity contribution is 0.340. The van der Waals surface area contributed by atoms with Crippen LogP contribution in [0.15, 0.2) is 41.3 Å². The molecule has 0 amide bonds. The Hall–Kier alpha value is -2.89. The first-order chi connectivity index (χ1) is 12.3. The highest BCUT2D eigenvalue weighted by Crippen LogP contribution is 2.27. The van der Waals surface area contributed by atoms with E-state index in [0.29, 0.717) is 23.6 Å². The van der Waals surface area contributed by atoms with Gasteiger partial charge < -0.3 is 9.64 Å². The molecule has 2 aromatic heterocycles. The Morgan fingerprint density at radius 1 is 1.16 bits per heavy atom. The van der Waals surface area contributed by atoms with E-state index in [2.05, 4.69) is 19.9 Å². The van der Waals surface area contributed by atoms with E-state index in [0.717, 1.165) is 42.8 Å². The Balaban J connectivity index is 1.80. The van der Waals surface area contributed by atoms with E-state index in [1.54, 1.807) is 6.20 Å². The highest BCUT2D eigenvalue weighted by atomic mass is 16.5. The van der Waals surface area contributed by atoms with Crippen LogP contribution in [-0.2, 0) is 0 Å². The minimum atomic E-state index is -0.149. The van der Waals surface area contributed by atoms with Crippen molar-refractivity contribution in [1.82, 2.24) is 15.0 Å². The van der Waals surface area contributed by atoms with Gasteiger partial charge in [0.05, 0.1) is 12.0 Å². The number of pyridine rings is 1. The van der Waals surface area contributed by atoms with Gasteiger partial charge in [-0.15, -0.1) is 0 Å². The average Bonchev–Trinajstić information content (AvgIpc) is 3.17. The summed E-state index contributed by atoms with van der Waals surface area (Å²) in [5, 5.41) is 0.523. The molecule has 0 aliphatic carbocycles. The summed E-state index contributed by atoms with van der Waals surface area (Å²) >= 11 is 0. The number of aromatic amines is 1. The summed E-state index contributed by atoms with van der Waals surface area (Å²) in [4.78, 5) is 26.7. The Kier molecular flexibility index (Phi) is 4.09. The lowest BCUT2D eigenvalue weighted by Crippen LogP contribution is -2.24. The lowest BCUT2D eigenvalue weighted by Gasteiger charge is -2.16. The van der Waals surface area contributed by atoms with Crippen LogP contribution < -0.4 is 15.2 Å². The number of nitrogens with one attached hydrogen (secondary N) is 1. The number of H-pyrrole nitrogens is 1. The van der Waals surface area contributed by atoms with Gasteiger partial charge in [-0.25, -0.2) is 4.98 Å². The molecule has 0 bridgehead atoms. The van der Waals surface area contributed by atoms with Gasteiger partial charge in [-0.2, -0.15) is 4.98 Å². The van der Waals surface area contributed by atoms with Gasteiger partial charge in [0, 0.05) is 19.3 Å². The molecule has 6 heteroatoms. The third-order valence-electron chi connectivity index (χ3n) is 4.48. The van der Waals surface area contributed by atoms with Crippen LogP contribution in [0.4, 0.5) is 5.95 Å². The van der Waals surface area contributed by atoms with E-state index in [1.165, 1.54) is 0 Å². The number of benzene rings is 1. The molecule has 1 aliphatic rings. The molecule has 0 atom stereocenters. The van der Waals surface area contributed by atoms with E-state index in [4.69, 9.17) is 4.74 Å². The molecule has 1 aromatic carbocycles. The number of ether oxygens (including phenoxy) is 1. The minimum Gasteiger partial charge on any atom is -0.494 e. The van der Waals surface area contributed by atoms with E-state index < -0.39 is 0 Å². The average molecular weight is 336 g/mol. The lowest BCUT2D eigenvalue weighted by atomic mass is 10.0. The van der Waals surface area contributed by atoms with Crippen molar-refractivity contribution in [3.8, 4) is 16.9 Å². The van der Waals surface area contributed by atoms with E-state index in [1.807, 2.05) is 37.3 Å². The fourth-order valence-electron chi connectivity index (χ4n) is 3.27. The molecule has 0 radical (unpaired) electrons. The second kappa shape index (κ2) is 6.55. The number of anilines is 1. The molecule has 4 rings (SSSR count). The maximum Gasteiger partial charge on any atom is 0.262 e. The zero-order valence-corrected chi connectivity index (χ0v) is 14.2. The Morgan fingerprint density at radius 3 is 2.64 bits per heavy atom. The summed E-state index contributed by atoms with van der Waals surface area (Å²) in [6, 6.07) is 9.57. The van der Waals surface area contributed by atoms with Crippen molar-refractivity contribution in [2.24, 2.45) is 0 Å². The number of fused-ring (bicyclic) bond motifs is 1. The monoisotopic (exact) mass is 336 g/mol. The summed E-state index contributed by atoms with van der Waals surface area (Å²) in [7, 11) is 0. The molecule has 128 valence electrons. The first-order valence-corrected chi connectivity index (χ1v) is 8.63. The minimum absolute atomic E-state index is 0.149. The molecule has 3 aromatic rings. The van der Waals surface area contributed by atoms with Gasteiger partial charge in [0.15, 0.2) is 5.65 Å². The molecule has 6 nitrogen and oxygen atoms in total. The first-order valence-electron chi connectivity index (χ1n) is 8.63. The second-order valence-corrected chi connectivity index (χ2v) is 6.10. The highest BCUT2D eigenvalue weighted by molar-refractivity contribution is 5.92. The number of aromatic nitrogens is 3. The van der Waals surface area contributed by atoms with Crippen LogP contribution in [0.2, 0.25) is 0 Å². The van der Waals surface area contributed by atoms with Gasteiger partial charge in [-0.3, -0.25) is 9.78 Å². The summed E-state index contributed by atoms with van der Waals surface area (Å²) in [6.07, 6.45) is 3.96. The van der Waals surface area contributed by atoms with E-state index >= 15 is 0 Å². The van der Waals surface area contributed by atoms with Gasteiger partial charge in [0.2, 0.25) is 5.95 Å². The third-order valence-corrected chi connectivity index (χ3v) is 4.48. The van der Waals surface area contributed by atoms with Gasteiger partial charge in [-0.1, -0.05) is 12.1 Å². The smallest absolute Gasteiger partial charge is 0.262 e. The molecule has 0 saturated carbocycles. The van der Waals surface area contributed by atoms with E-state index in [9.17, 15) is 4.79 Å². The second-order valence-electron chi connectivity index (χ2n) is 6.10. The van der Waals surface area contributed by atoms with Crippen LogP contribution in [0, 0.1) is 0 Å². The van der Waals surface area contributed by atoms with Crippen LogP contribution in [0.1, 0.15) is 19.8 Å². The summed E-state index contributed by atoms with van der Waals surface area (Å²) in [5.74, 6) is 1.43. The zero-order chi connectivity index (χ0) is 17.2. The number of nitrogens with zero attached hydrogens (tertiary/aromatic N) is 3. The van der Waals surface area contributed by atoms with E-state index in [-0.39, 0.29) is 5.56 Å². The topological polar surface area (TPSA) is 71.1 Å². The van der Waals surface area contributed by atoms with Crippen LogP contribution in [0.25, 0.3) is 22.2 Å². The molecule has 3 heterocycles. The van der Waals surface area contributed by atoms with Crippen molar-refractivity contribution < 1.29 is 4.74 Å². The predicted octanol–water partition coefficient (Wildman–Crippen LogP) is 2.98. The van der Waals surface area contributed by atoms with Gasteiger partial charge in [0.1, 0.15) is 5.75 Å². The number of rotatable bonds is 4.